The molecule has 1 aliphatic carbocycles. The van der Waals surface area contributed by atoms with Gasteiger partial charge in [0.1, 0.15) is 6.61 Å². The van der Waals surface area contributed by atoms with Crippen LogP contribution in [0.5, 0.6) is 0 Å². The Morgan fingerprint density at radius 3 is 2.25 bits per heavy atom. The summed E-state index contributed by atoms with van der Waals surface area (Å²) in [5.74, 6) is -4.59. The van der Waals surface area contributed by atoms with Crippen molar-refractivity contribution in [3.05, 3.63) is 0 Å². The van der Waals surface area contributed by atoms with Crippen molar-refractivity contribution in [3.63, 3.8) is 0 Å². The average molecular weight is 286 g/mol. The van der Waals surface area contributed by atoms with Crippen molar-refractivity contribution < 1.29 is 29.3 Å². The zero-order valence-electron chi connectivity index (χ0n) is 11.7. The number of hydrogen-bond donors (Lipinski definition) is 2. The maximum absolute atomic E-state index is 12.0. The van der Waals surface area contributed by atoms with Crippen LogP contribution in [0.15, 0.2) is 0 Å². The summed E-state index contributed by atoms with van der Waals surface area (Å²) in [6.45, 7) is 1.68. The summed E-state index contributed by atoms with van der Waals surface area (Å²) in [6.07, 6.45) is 3.72. The SMILES string of the molecule is CCCC(COC(=O)C1CCCCC1C(=O)O)C(=O)O. The number of ether oxygens (including phenoxy) is 1. The molecule has 3 unspecified atom stereocenters. The summed E-state index contributed by atoms with van der Waals surface area (Å²) in [6, 6.07) is 0. The molecular weight excluding hydrogens is 264 g/mol. The third kappa shape index (κ3) is 4.51. The van der Waals surface area contributed by atoms with Crippen molar-refractivity contribution in [2.45, 2.75) is 45.4 Å². The minimum absolute atomic E-state index is 0.176. The second kappa shape index (κ2) is 7.87. The van der Waals surface area contributed by atoms with Gasteiger partial charge in [-0.15, -0.1) is 0 Å². The van der Waals surface area contributed by atoms with E-state index in [0.29, 0.717) is 25.7 Å². The number of carboxylic acid groups (broad SMARTS) is 2. The maximum Gasteiger partial charge on any atom is 0.309 e. The van der Waals surface area contributed by atoms with E-state index in [9.17, 15) is 14.4 Å². The van der Waals surface area contributed by atoms with Gasteiger partial charge in [0.2, 0.25) is 0 Å². The summed E-state index contributed by atoms with van der Waals surface area (Å²) in [4.78, 5) is 34.0. The molecule has 20 heavy (non-hydrogen) atoms. The van der Waals surface area contributed by atoms with Crippen LogP contribution in [0.3, 0.4) is 0 Å². The van der Waals surface area contributed by atoms with E-state index in [2.05, 4.69) is 0 Å². The molecule has 0 radical (unpaired) electrons. The van der Waals surface area contributed by atoms with Crippen LogP contribution >= 0.6 is 0 Å². The van der Waals surface area contributed by atoms with Crippen LogP contribution in [0.2, 0.25) is 0 Å². The van der Waals surface area contributed by atoms with Gasteiger partial charge < -0.3 is 14.9 Å². The standard InChI is InChI=1S/C14H22O6/c1-2-5-9(12(15)16)8-20-14(19)11-7-4-3-6-10(11)13(17)18/h9-11H,2-8H2,1H3,(H,15,16)(H,17,18). The average Bonchev–Trinajstić information content (AvgIpc) is 2.42. The fourth-order valence-corrected chi connectivity index (χ4v) is 2.62. The third-order valence-corrected chi connectivity index (χ3v) is 3.80. The van der Waals surface area contributed by atoms with E-state index in [-0.39, 0.29) is 6.61 Å². The lowest BCUT2D eigenvalue weighted by atomic mass is 9.79. The predicted octanol–water partition coefficient (Wildman–Crippen LogP) is 1.92. The molecule has 114 valence electrons. The quantitative estimate of drug-likeness (QED) is 0.693. The van der Waals surface area contributed by atoms with E-state index >= 15 is 0 Å². The Hall–Kier alpha value is -1.59. The lowest BCUT2D eigenvalue weighted by Crippen LogP contribution is -2.35. The highest BCUT2D eigenvalue weighted by atomic mass is 16.5. The molecule has 0 aromatic carbocycles. The number of esters is 1. The fourth-order valence-electron chi connectivity index (χ4n) is 2.62. The fraction of sp³-hybridized carbons (Fsp3) is 0.786. The molecule has 0 saturated heterocycles. The van der Waals surface area contributed by atoms with Gasteiger partial charge >= 0.3 is 17.9 Å². The van der Waals surface area contributed by atoms with Gasteiger partial charge in [-0.25, -0.2) is 0 Å². The van der Waals surface area contributed by atoms with Gasteiger partial charge in [0.15, 0.2) is 0 Å². The highest BCUT2D eigenvalue weighted by Crippen LogP contribution is 2.31. The van der Waals surface area contributed by atoms with Crippen LogP contribution in [0.25, 0.3) is 0 Å². The third-order valence-electron chi connectivity index (χ3n) is 3.80. The maximum atomic E-state index is 12.0. The Labute approximate surface area is 118 Å². The number of carbonyl (C=O) groups is 3. The minimum atomic E-state index is -0.988. The Morgan fingerprint density at radius 2 is 1.75 bits per heavy atom. The normalized spacial score (nSPS) is 23.9. The number of rotatable bonds is 7. The van der Waals surface area contributed by atoms with E-state index < -0.39 is 35.7 Å². The molecular formula is C14H22O6. The molecule has 0 spiro atoms. The predicted molar refractivity (Wildman–Crippen MR) is 70.1 cm³/mol. The van der Waals surface area contributed by atoms with Crippen molar-refractivity contribution in [2.24, 2.45) is 17.8 Å². The minimum Gasteiger partial charge on any atom is -0.481 e. The molecule has 0 bridgehead atoms. The topological polar surface area (TPSA) is 101 Å². The van der Waals surface area contributed by atoms with E-state index in [4.69, 9.17) is 14.9 Å². The van der Waals surface area contributed by atoms with Crippen molar-refractivity contribution in [2.75, 3.05) is 6.61 Å². The van der Waals surface area contributed by atoms with Gasteiger partial charge in [0.05, 0.1) is 17.8 Å². The van der Waals surface area contributed by atoms with Crippen molar-refractivity contribution in [3.8, 4) is 0 Å². The van der Waals surface area contributed by atoms with Crippen LogP contribution in [0, 0.1) is 17.8 Å². The van der Waals surface area contributed by atoms with Crippen LogP contribution in [-0.2, 0) is 19.1 Å². The molecule has 6 heteroatoms. The van der Waals surface area contributed by atoms with Gasteiger partial charge in [-0.1, -0.05) is 26.2 Å². The van der Waals surface area contributed by atoms with E-state index in [1.165, 1.54) is 0 Å². The van der Waals surface area contributed by atoms with Gasteiger partial charge in [0, 0.05) is 0 Å². The lowest BCUT2D eigenvalue weighted by Gasteiger charge is -2.27. The molecule has 1 fully saturated rings. The molecule has 2 N–H and O–H groups in total. The molecule has 6 nitrogen and oxygen atoms in total. The van der Waals surface area contributed by atoms with E-state index in [1.807, 2.05) is 6.92 Å². The van der Waals surface area contributed by atoms with E-state index in [0.717, 1.165) is 12.8 Å². The van der Waals surface area contributed by atoms with Crippen LogP contribution < -0.4 is 0 Å². The van der Waals surface area contributed by atoms with Gasteiger partial charge in [-0.2, -0.15) is 0 Å². The summed E-state index contributed by atoms with van der Waals surface area (Å²) < 4.78 is 5.05. The number of carboxylic acids is 2. The first-order valence-corrected chi connectivity index (χ1v) is 7.09. The smallest absolute Gasteiger partial charge is 0.309 e. The Balaban J connectivity index is 2.55. The molecule has 0 heterocycles. The van der Waals surface area contributed by atoms with Crippen LogP contribution in [0.4, 0.5) is 0 Å². The monoisotopic (exact) mass is 286 g/mol. The molecule has 3 atom stereocenters. The first-order chi connectivity index (χ1) is 9.47. The molecule has 0 amide bonds. The first-order valence-electron chi connectivity index (χ1n) is 7.09. The van der Waals surface area contributed by atoms with Crippen molar-refractivity contribution >= 4 is 17.9 Å². The highest BCUT2D eigenvalue weighted by Gasteiger charge is 2.37. The second-order valence-electron chi connectivity index (χ2n) is 5.29. The Bertz CT molecular complexity index is 365. The van der Waals surface area contributed by atoms with Gasteiger partial charge in [0.25, 0.3) is 0 Å². The Morgan fingerprint density at radius 1 is 1.15 bits per heavy atom. The zero-order valence-corrected chi connectivity index (χ0v) is 11.7. The van der Waals surface area contributed by atoms with E-state index in [1.54, 1.807) is 0 Å². The zero-order chi connectivity index (χ0) is 15.1. The molecule has 1 saturated carbocycles. The second-order valence-corrected chi connectivity index (χ2v) is 5.29. The lowest BCUT2D eigenvalue weighted by molar-refractivity contribution is -0.162. The van der Waals surface area contributed by atoms with Crippen LogP contribution in [-0.4, -0.2) is 34.7 Å². The molecule has 0 aromatic rings. The van der Waals surface area contributed by atoms with Crippen molar-refractivity contribution in [1.82, 2.24) is 0 Å². The largest absolute Gasteiger partial charge is 0.481 e. The Kier molecular flexibility index (Phi) is 6.48. The number of carbonyl (C=O) groups excluding carboxylic acids is 1. The summed E-state index contributed by atoms with van der Waals surface area (Å²) in [5, 5.41) is 18.1. The molecule has 0 aromatic heterocycles. The van der Waals surface area contributed by atoms with Crippen molar-refractivity contribution in [1.29, 1.82) is 0 Å². The first kappa shape index (κ1) is 16.5. The molecule has 0 aliphatic heterocycles. The summed E-state index contributed by atoms with van der Waals surface area (Å²) in [7, 11) is 0. The molecule has 1 aliphatic rings. The summed E-state index contributed by atoms with van der Waals surface area (Å²) in [5.41, 5.74) is 0. The van der Waals surface area contributed by atoms with Gasteiger partial charge in [-0.05, 0) is 19.3 Å². The van der Waals surface area contributed by atoms with Gasteiger partial charge in [-0.3, -0.25) is 14.4 Å². The number of aliphatic carboxylic acids is 2. The summed E-state index contributed by atoms with van der Waals surface area (Å²) >= 11 is 0. The number of hydrogen-bond acceptors (Lipinski definition) is 4. The van der Waals surface area contributed by atoms with Crippen LogP contribution in [0.1, 0.15) is 45.4 Å². The molecule has 1 rings (SSSR count). The highest BCUT2D eigenvalue weighted by molar-refractivity contribution is 5.81.